The molecule has 33 heavy (non-hydrogen) atoms. The molecule has 2 aromatic heterocycles. The fourth-order valence-electron chi connectivity index (χ4n) is 5.56. The van der Waals surface area contributed by atoms with Crippen molar-refractivity contribution < 1.29 is 9.30 Å². The van der Waals surface area contributed by atoms with Crippen LogP contribution < -0.4 is 10.1 Å². The summed E-state index contributed by atoms with van der Waals surface area (Å²) in [5.74, 6) is 1.64. The standard InChI is InChI=1S/C26H36N3O2PS/c1-5-13-32(30,14-6-2)26(24-15-20-10-11-21(31-4)16-22(20)33-24)12-8-7-9-23(26)29-25-18-27-19(3)17-28-25/h10-11,15-18,23H,5-9,12-14H2,1-4H3,(H,28,29). The lowest BCUT2D eigenvalue weighted by Crippen LogP contribution is -2.47. The fourth-order valence-corrected chi connectivity index (χ4v) is 11.7. The lowest BCUT2D eigenvalue weighted by molar-refractivity contribution is 0.349. The summed E-state index contributed by atoms with van der Waals surface area (Å²) in [7, 11) is -0.850. The Labute approximate surface area is 201 Å². The Morgan fingerprint density at radius 1 is 1.15 bits per heavy atom. The van der Waals surface area contributed by atoms with Gasteiger partial charge in [-0.2, -0.15) is 0 Å². The van der Waals surface area contributed by atoms with Crippen LogP contribution in [0.3, 0.4) is 0 Å². The highest BCUT2D eigenvalue weighted by atomic mass is 32.1. The maximum Gasteiger partial charge on any atom is 0.144 e. The highest BCUT2D eigenvalue weighted by molar-refractivity contribution is 7.65. The molecule has 2 unspecified atom stereocenters. The Morgan fingerprint density at radius 3 is 2.61 bits per heavy atom. The molecular formula is C26H36N3O2PS. The molecule has 5 nitrogen and oxygen atoms in total. The van der Waals surface area contributed by atoms with Crippen LogP contribution in [0.4, 0.5) is 5.82 Å². The van der Waals surface area contributed by atoms with Gasteiger partial charge in [0.2, 0.25) is 0 Å². The first-order valence-electron chi connectivity index (χ1n) is 12.2. The predicted molar refractivity (Wildman–Crippen MR) is 141 cm³/mol. The quantitative estimate of drug-likeness (QED) is 0.319. The smallest absolute Gasteiger partial charge is 0.144 e. The van der Waals surface area contributed by atoms with Gasteiger partial charge in [-0.1, -0.05) is 26.7 Å². The fraction of sp³-hybridized carbons (Fsp3) is 0.538. The van der Waals surface area contributed by atoms with E-state index in [1.54, 1.807) is 24.6 Å². The van der Waals surface area contributed by atoms with E-state index in [2.05, 4.69) is 47.3 Å². The summed E-state index contributed by atoms with van der Waals surface area (Å²) >= 11 is 1.80. The van der Waals surface area contributed by atoms with E-state index in [-0.39, 0.29) is 11.2 Å². The highest BCUT2D eigenvalue weighted by Gasteiger charge is 2.55. The van der Waals surface area contributed by atoms with Crippen LogP contribution in [0.1, 0.15) is 62.9 Å². The third-order valence-corrected chi connectivity index (χ3v) is 13.0. The molecular weight excluding hydrogens is 449 g/mol. The number of ether oxygens (including phenoxy) is 1. The molecule has 7 heteroatoms. The van der Waals surface area contributed by atoms with E-state index in [0.717, 1.165) is 68.1 Å². The number of nitrogens with one attached hydrogen (secondary N) is 1. The van der Waals surface area contributed by atoms with Crippen molar-refractivity contribution >= 4 is 34.4 Å². The van der Waals surface area contributed by atoms with Crippen LogP contribution in [0.5, 0.6) is 5.75 Å². The largest absolute Gasteiger partial charge is 0.497 e. The van der Waals surface area contributed by atoms with Gasteiger partial charge in [0.15, 0.2) is 0 Å². The average Bonchev–Trinajstić information content (AvgIpc) is 3.24. The molecule has 3 aromatic rings. The molecule has 0 bridgehead atoms. The second-order valence-corrected chi connectivity index (χ2v) is 13.8. The van der Waals surface area contributed by atoms with E-state index < -0.39 is 7.14 Å². The van der Waals surface area contributed by atoms with Gasteiger partial charge in [0.05, 0.1) is 30.4 Å². The van der Waals surface area contributed by atoms with Crippen LogP contribution in [-0.2, 0) is 9.72 Å². The molecule has 2 atom stereocenters. The molecule has 1 aromatic carbocycles. The topological polar surface area (TPSA) is 64.1 Å². The monoisotopic (exact) mass is 485 g/mol. The third kappa shape index (κ3) is 4.57. The predicted octanol–water partition coefficient (Wildman–Crippen LogP) is 7.44. The summed E-state index contributed by atoms with van der Waals surface area (Å²) in [5, 5.41) is 4.54. The molecule has 1 saturated carbocycles. The number of fused-ring (bicyclic) bond motifs is 1. The first-order valence-corrected chi connectivity index (χ1v) is 15.1. The van der Waals surface area contributed by atoms with Gasteiger partial charge in [-0.3, -0.25) is 4.98 Å². The number of aryl methyl sites for hydroxylation is 1. The summed E-state index contributed by atoms with van der Waals surface area (Å²) < 4.78 is 21.7. The van der Waals surface area contributed by atoms with Gasteiger partial charge in [0.1, 0.15) is 18.7 Å². The minimum absolute atomic E-state index is 0.0714. The third-order valence-electron chi connectivity index (χ3n) is 7.03. The minimum Gasteiger partial charge on any atom is -0.497 e. The average molecular weight is 486 g/mol. The Morgan fingerprint density at radius 2 is 1.94 bits per heavy atom. The van der Waals surface area contributed by atoms with Crippen molar-refractivity contribution in [2.24, 2.45) is 0 Å². The molecule has 0 amide bonds. The van der Waals surface area contributed by atoms with Crippen molar-refractivity contribution in [2.45, 2.75) is 70.5 Å². The summed E-state index contributed by atoms with van der Waals surface area (Å²) in [6.07, 6.45) is 11.2. The Bertz CT molecular complexity index is 1120. The van der Waals surface area contributed by atoms with Gasteiger partial charge in [-0.25, -0.2) is 4.98 Å². The molecule has 178 valence electrons. The lowest BCUT2D eigenvalue weighted by atomic mass is 9.82. The molecule has 0 saturated heterocycles. The number of thiophene rings is 1. The molecule has 0 spiro atoms. The van der Waals surface area contributed by atoms with E-state index in [9.17, 15) is 0 Å². The van der Waals surface area contributed by atoms with Crippen molar-refractivity contribution in [1.82, 2.24) is 9.97 Å². The molecule has 4 rings (SSSR count). The van der Waals surface area contributed by atoms with Crippen LogP contribution in [-0.4, -0.2) is 35.4 Å². The molecule has 1 aliphatic carbocycles. The van der Waals surface area contributed by atoms with Crippen molar-refractivity contribution in [3.05, 3.63) is 47.2 Å². The summed E-state index contributed by atoms with van der Waals surface area (Å²) in [6.45, 7) is 6.29. The second kappa shape index (κ2) is 10.1. The highest BCUT2D eigenvalue weighted by Crippen LogP contribution is 2.70. The van der Waals surface area contributed by atoms with E-state index >= 15 is 4.57 Å². The van der Waals surface area contributed by atoms with Crippen molar-refractivity contribution in [3.63, 3.8) is 0 Å². The normalized spacial score (nSPS) is 21.3. The molecule has 1 aliphatic rings. The van der Waals surface area contributed by atoms with Crippen LogP contribution in [0.2, 0.25) is 0 Å². The number of hydrogen-bond donors (Lipinski definition) is 1. The van der Waals surface area contributed by atoms with Crippen LogP contribution in [0.15, 0.2) is 36.7 Å². The van der Waals surface area contributed by atoms with E-state index in [0.29, 0.717) is 0 Å². The number of rotatable bonds is 9. The molecule has 0 aliphatic heterocycles. The maximum atomic E-state index is 15.1. The molecule has 1 fully saturated rings. The SMILES string of the molecule is CCCP(=O)(CCC)C1(c2cc3ccc(OC)cc3s2)CCCCC1Nc1cnc(C)cn1. The van der Waals surface area contributed by atoms with E-state index in [4.69, 9.17) is 4.74 Å². The number of benzene rings is 1. The summed E-state index contributed by atoms with van der Waals surface area (Å²) in [4.78, 5) is 10.3. The molecule has 2 heterocycles. The molecule has 0 radical (unpaired) electrons. The summed E-state index contributed by atoms with van der Waals surface area (Å²) in [6, 6.07) is 8.63. The first kappa shape index (κ1) is 24.2. The number of hydrogen-bond acceptors (Lipinski definition) is 6. The zero-order valence-corrected chi connectivity index (χ0v) is 22.0. The van der Waals surface area contributed by atoms with Gasteiger partial charge in [-0.05, 0) is 62.3 Å². The minimum atomic E-state index is -2.56. The van der Waals surface area contributed by atoms with Gasteiger partial charge >= 0.3 is 0 Å². The van der Waals surface area contributed by atoms with Gasteiger partial charge in [-0.15, -0.1) is 11.3 Å². The van der Waals surface area contributed by atoms with Crippen molar-refractivity contribution in [3.8, 4) is 5.75 Å². The first-order chi connectivity index (χ1) is 16.0. The second-order valence-electron chi connectivity index (χ2n) is 9.26. The van der Waals surface area contributed by atoms with Crippen molar-refractivity contribution in [2.75, 3.05) is 24.8 Å². The summed E-state index contributed by atoms with van der Waals surface area (Å²) in [5.41, 5.74) is 0.900. The Kier molecular flexibility index (Phi) is 7.45. The molecule has 1 N–H and O–H groups in total. The number of nitrogens with zero attached hydrogens (tertiary/aromatic N) is 2. The van der Waals surface area contributed by atoms with E-state index in [1.165, 1.54) is 15.0 Å². The van der Waals surface area contributed by atoms with Gasteiger partial charge in [0.25, 0.3) is 0 Å². The number of anilines is 1. The Balaban J connectivity index is 1.89. The van der Waals surface area contributed by atoms with Crippen LogP contribution >= 0.6 is 18.5 Å². The zero-order chi connectivity index (χ0) is 23.5. The number of methoxy groups -OCH3 is 1. The van der Waals surface area contributed by atoms with Gasteiger partial charge in [0, 0.05) is 27.9 Å². The van der Waals surface area contributed by atoms with E-state index in [1.807, 2.05) is 19.2 Å². The Hall–Kier alpha value is -1.91. The zero-order valence-electron chi connectivity index (χ0n) is 20.3. The van der Waals surface area contributed by atoms with Gasteiger partial charge < -0.3 is 14.6 Å². The van der Waals surface area contributed by atoms with Crippen molar-refractivity contribution in [1.29, 1.82) is 0 Å². The van der Waals surface area contributed by atoms with Crippen LogP contribution in [0.25, 0.3) is 10.1 Å². The number of aromatic nitrogens is 2. The maximum absolute atomic E-state index is 15.1. The van der Waals surface area contributed by atoms with Crippen LogP contribution in [0, 0.1) is 6.92 Å². The lowest BCUT2D eigenvalue weighted by Gasteiger charge is -2.49.